The standard InChI is InChI=1S/C9H11F3IN3O/c1-5(2)16(3-9(10,11)12)7-6(13)8(17)15-4-14-7/h4-5H,3H2,1-2H3,(H,14,15,17). The zero-order valence-corrected chi connectivity index (χ0v) is 11.3. The zero-order valence-electron chi connectivity index (χ0n) is 9.18. The first-order valence-electron chi connectivity index (χ1n) is 4.79. The Kier molecular flexibility index (Phi) is 4.39. The summed E-state index contributed by atoms with van der Waals surface area (Å²) < 4.78 is 37.4. The third-order valence-electron chi connectivity index (χ3n) is 2.02. The van der Waals surface area contributed by atoms with Gasteiger partial charge in [-0.05, 0) is 36.4 Å². The number of halogens is 4. The topological polar surface area (TPSA) is 49.0 Å². The summed E-state index contributed by atoms with van der Waals surface area (Å²) >= 11 is 1.69. The van der Waals surface area contributed by atoms with Gasteiger partial charge in [-0.2, -0.15) is 13.2 Å². The van der Waals surface area contributed by atoms with E-state index >= 15 is 0 Å². The molecule has 1 aromatic rings. The lowest BCUT2D eigenvalue weighted by Crippen LogP contribution is -2.41. The van der Waals surface area contributed by atoms with Crippen LogP contribution >= 0.6 is 22.6 Å². The van der Waals surface area contributed by atoms with Gasteiger partial charge < -0.3 is 9.88 Å². The Labute approximate surface area is 109 Å². The van der Waals surface area contributed by atoms with Crippen LogP contribution in [-0.2, 0) is 0 Å². The van der Waals surface area contributed by atoms with E-state index < -0.39 is 24.3 Å². The summed E-state index contributed by atoms with van der Waals surface area (Å²) in [6, 6.07) is -0.403. The second kappa shape index (κ2) is 5.23. The number of rotatable bonds is 3. The van der Waals surface area contributed by atoms with Crippen molar-refractivity contribution in [3.05, 3.63) is 20.3 Å². The van der Waals surface area contributed by atoms with Gasteiger partial charge in [0.15, 0.2) is 0 Å². The second-order valence-corrected chi connectivity index (χ2v) is 4.78. The highest BCUT2D eigenvalue weighted by atomic mass is 127. The highest BCUT2D eigenvalue weighted by Gasteiger charge is 2.33. The van der Waals surface area contributed by atoms with Gasteiger partial charge in [0.1, 0.15) is 15.9 Å². The molecule has 0 unspecified atom stereocenters. The molecule has 0 atom stereocenters. The molecular weight excluding hydrogens is 350 g/mol. The predicted molar refractivity (Wildman–Crippen MR) is 66.1 cm³/mol. The molecule has 1 heterocycles. The van der Waals surface area contributed by atoms with E-state index in [1.807, 2.05) is 0 Å². The summed E-state index contributed by atoms with van der Waals surface area (Å²) in [5.74, 6) is 0.0571. The minimum atomic E-state index is -4.34. The van der Waals surface area contributed by atoms with Crippen LogP contribution in [0.25, 0.3) is 0 Å². The monoisotopic (exact) mass is 361 g/mol. The van der Waals surface area contributed by atoms with Crippen molar-refractivity contribution in [1.29, 1.82) is 0 Å². The second-order valence-electron chi connectivity index (χ2n) is 3.71. The van der Waals surface area contributed by atoms with E-state index in [-0.39, 0.29) is 9.39 Å². The van der Waals surface area contributed by atoms with Gasteiger partial charge in [-0.3, -0.25) is 4.79 Å². The molecular formula is C9H11F3IN3O. The first-order valence-corrected chi connectivity index (χ1v) is 5.87. The van der Waals surface area contributed by atoms with E-state index in [2.05, 4.69) is 9.97 Å². The van der Waals surface area contributed by atoms with E-state index in [1.165, 1.54) is 0 Å². The Balaban J connectivity index is 3.15. The molecule has 1 aromatic heterocycles. The van der Waals surface area contributed by atoms with Crippen molar-refractivity contribution >= 4 is 28.4 Å². The Bertz CT molecular complexity index is 444. The molecule has 0 amide bonds. The molecule has 0 aliphatic carbocycles. The number of H-pyrrole nitrogens is 1. The molecule has 17 heavy (non-hydrogen) atoms. The highest BCUT2D eigenvalue weighted by Crippen LogP contribution is 2.24. The van der Waals surface area contributed by atoms with E-state index in [0.29, 0.717) is 0 Å². The first kappa shape index (κ1) is 14.3. The summed E-state index contributed by atoms with van der Waals surface area (Å²) in [6.07, 6.45) is -3.23. The molecule has 0 fully saturated rings. The fourth-order valence-corrected chi connectivity index (χ4v) is 1.87. The fourth-order valence-electron chi connectivity index (χ4n) is 1.27. The largest absolute Gasteiger partial charge is 0.405 e. The van der Waals surface area contributed by atoms with Gasteiger partial charge in [0.05, 0.1) is 6.33 Å². The van der Waals surface area contributed by atoms with E-state index in [0.717, 1.165) is 11.2 Å². The number of alkyl halides is 3. The lowest BCUT2D eigenvalue weighted by atomic mass is 10.3. The lowest BCUT2D eigenvalue weighted by molar-refractivity contribution is -0.120. The summed E-state index contributed by atoms with van der Waals surface area (Å²) in [7, 11) is 0. The maximum absolute atomic E-state index is 12.4. The van der Waals surface area contributed by atoms with Crippen LogP contribution in [0.5, 0.6) is 0 Å². The number of aromatic nitrogens is 2. The van der Waals surface area contributed by atoms with Crippen molar-refractivity contribution in [2.24, 2.45) is 0 Å². The Hall–Kier alpha value is -0.800. The number of hydrogen-bond acceptors (Lipinski definition) is 3. The van der Waals surface area contributed by atoms with Crippen LogP contribution < -0.4 is 10.5 Å². The average molecular weight is 361 g/mol. The van der Waals surface area contributed by atoms with Gasteiger partial charge in [-0.15, -0.1) is 0 Å². The number of hydrogen-bond donors (Lipinski definition) is 1. The third kappa shape index (κ3) is 3.86. The zero-order chi connectivity index (χ0) is 13.2. The molecule has 4 nitrogen and oxygen atoms in total. The highest BCUT2D eigenvalue weighted by molar-refractivity contribution is 14.1. The maximum Gasteiger partial charge on any atom is 0.405 e. The molecule has 1 N–H and O–H groups in total. The predicted octanol–water partition coefficient (Wildman–Crippen LogP) is 2.15. The van der Waals surface area contributed by atoms with Gasteiger partial charge in [0.2, 0.25) is 0 Å². The molecule has 8 heteroatoms. The quantitative estimate of drug-likeness (QED) is 0.840. The van der Waals surface area contributed by atoms with E-state index in [4.69, 9.17) is 0 Å². The van der Waals surface area contributed by atoms with Crippen LogP contribution in [0.4, 0.5) is 19.0 Å². The van der Waals surface area contributed by atoms with E-state index in [1.54, 1.807) is 36.4 Å². The van der Waals surface area contributed by atoms with Crippen molar-refractivity contribution in [2.45, 2.75) is 26.1 Å². The molecule has 1 rings (SSSR count). The van der Waals surface area contributed by atoms with Gasteiger partial charge in [-0.1, -0.05) is 0 Å². The summed E-state index contributed by atoms with van der Waals surface area (Å²) in [5, 5.41) is 0. The van der Waals surface area contributed by atoms with Gasteiger partial charge in [0, 0.05) is 6.04 Å². The fraction of sp³-hybridized carbons (Fsp3) is 0.556. The van der Waals surface area contributed by atoms with Crippen molar-refractivity contribution in [3.8, 4) is 0 Å². The molecule has 0 spiro atoms. The normalized spacial score (nSPS) is 11.9. The smallest absolute Gasteiger partial charge is 0.344 e. The average Bonchev–Trinajstić information content (AvgIpc) is 2.17. The number of nitrogens with zero attached hydrogens (tertiary/aromatic N) is 2. The van der Waals surface area contributed by atoms with Crippen LogP contribution in [0.3, 0.4) is 0 Å². The summed E-state index contributed by atoms with van der Waals surface area (Å²) in [4.78, 5) is 18.5. The van der Waals surface area contributed by atoms with Crippen LogP contribution in [0, 0.1) is 3.57 Å². The van der Waals surface area contributed by atoms with Crippen LogP contribution in [0.1, 0.15) is 13.8 Å². The third-order valence-corrected chi connectivity index (χ3v) is 3.00. The van der Waals surface area contributed by atoms with Crippen molar-refractivity contribution < 1.29 is 13.2 Å². The molecule has 0 bridgehead atoms. The molecule has 0 saturated heterocycles. The Morgan fingerprint density at radius 2 is 2.12 bits per heavy atom. The minimum Gasteiger partial charge on any atom is -0.344 e. The van der Waals surface area contributed by atoms with Crippen molar-refractivity contribution in [3.63, 3.8) is 0 Å². The van der Waals surface area contributed by atoms with Crippen LogP contribution in [0.2, 0.25) is 0 Å². The minimum absolute atomic E-state index is 0.0571. The van der Waals surface area contributed by atoms with Gasteiger partial charge in [-0.25, -0.2) is 4.98 Å². The van der Waals surface area contributed by atoms with Crippen molar-refractivity contribution in [1.82, 2.24) is 9.97 Å². The number of nitrogens with one attached hydrogen (secondary N) is 1. The van der Waals surface area contributed by atoms with Crippen molar-refractivity contribution in [2.75, 3.05) is 11.4 Å². The molecule has 0 aliphatic heterocycles. The lowest BCUT2D eigenvalue weighted by Gasteiger charge is -2.29. The Morgan fingerprint density at radius 1 is 1.53 bits per heavy atom. The first-order chi connectivity index (χ1) is 7.72. The summed E-state index contributed by atoms with van der Waals surface area (Å²) in [5.41, 5.74) is -0.441. The van der Waals surface area contributed by atoms with Gasteiger partial charge >= 0.3 is 6.18 Å². The maximum atomic E-state index is 12.4. The summed E-state index contributed by atoms with van der Waals surface area (Å²) in [6.45, 7) is 2.10. The molecule has 96 valence electrons. The number of anilines is 1. The SMILES string of the molecule is CC(C)N(CC(F)(F)F)c1nc[nH]c(=O)c1I. The number of aromatic amines is 1. The van der Waals surface area contributed by atoms with Gasteiger partial charge in [0.25, 0.3) is 5.56 Å². The van der Waals surface area contributed by atoms with Crippen LogP contribution in [0.15, 0.2) is 11.1 Å². The molecule has 0 aromatic carbocycles. The molecule has 0 radical (unpaired) electrons. The molecule has 0 aliphatic rings. The van der Waals surface area contributed by atoms with E-state index in [9.17, 15) is 18.0 Å². The Morgan fingerprint density at radius 3 is 2.59 bits per heavy atom. The van der Waals surface area contributed by atoms with Crippen LogP contribution in [-0.4, -0.2) is 28.7 Å². The molecule has 0 saturated carbocycles.